The van der Waals surface area contributed by atoms with Gasteiger partial charge in [-0.05, 0) is 67.8 Å². The Morgan fingerprint density at radius 1 is 0.976 bits per heavy atom. The average Bonchev–Trinajstić information content (AvgIpc) is 2.93. The molecule has 8 nitrogen and oxygen atoms in total. The highest BCUT2D eigenvalue weighted by atomic mass is 35.5. The van der Waals surface area contributed by atoms with Gasteiger partial charge >= 0.3 is 0 Å². The van der Waals surface area contributed by atoms with Crippen LogP contribution in [0.1, 0.15) is 31.9 Å². The fourth-order valence-electron chi connectivity index (χ4n) is 4.04. The molecule has 41 heavy (non-hydrogen) atoms. The van der Waals surface area contributed by atoms with E-state index in [-0.39, 0.29) is 34.0 Å². The molecule has 3 rings (SSSR count). The van der Waals surface area contributed by atoms with Crippen LogP contribution in [0.4, 0.5) is 5.69 Å². The van der Waals surface area contributed by atoms with E-state index in [9.17, 15) is 18.0 Å². The first kappa shape index (κ1) is 32.2. The van der Waals surface area contributed by atoms with Crippen LogP contribution < -0.4 is 14.4 Å². The van der Waals surface area contributed by atoms with Gasteiger partial charge in [0.2, 0.25) is 11.8 Å². The number of ether oxygens (including phenoxy) is 1. The van der Waals surface area contributed by atoms with Crippen LogP contribution in [0.5, 0.6) is 5.75 Å². The molecule has 0 aromatic heterocycles. The Kier molecular flexibility index (Phi) is 11.1. The molecule has 11 heteroatoms. The van der Waals surface area contributed by atoms with E-state index in [4.69, 9.17) is 27.9 Å². The lowest BCUT2D eigenvalue weighted by atomic mass is 10.1. The molecule has 2 amide bonds. The standard InChI is InChI=1S/C30H35Cl2N3O5S/c1-20(2)17-33-30(37)22(4)34(18-23-7-6-8-24(31)15-23)29(36)19-35(25-11-14-28(40-5)27(32)16-25)41(38,39)26-12-9-21(3)10-13-26/h6-16,20,22H,17-19H2,1-5H3,(H,33,37)/t22-/m1/s1. The highest BCUT2D eigenvalue weighted by Gasteiger charge is 2.33. The molecule has 1 N–H and O–H groups in total. The number of nitrogens with zero attached hydrogens (tertiary/aromatic N) is 2. The summed E-state index contributed by atoms with van der Waals surface area (Å²) < 4.78 is 34.1. The summed E-state index contributed by atoms with van der Waals surface area (Å²) in [5, 5.41) is 3.51. The van der Waals surface area contributed by atoms with Crippen LogP contribution in [0.25, 0.3) is 0 Å². The number of rotatable bonds is 12. The summed E-state index contributed by atoms with van der Waals surface area (Å²) in [5.74, 6) is -0.375. The maximum Gasteiger partial charge on any atom is 0.264 e. The zero-order valence-corrected chi connectivity index (χ0v) is 26.1. The molecule has 3 aromatic carbocycles. The van der Waals surface area contributed by atoms with Crippen molar-refractivity contribution in [2.45, 2.75) is 45.2 Å². The molecule has 0 heterocycles. The normalized spacial score (nSPS) is 12.1. The van der Waals surface area contributed by atoms with Crippen molar-refractivity contribution in [3.05, 3.63) is 87.9 Å². The third-order valence-corrected chi connectivity index (χ3v) is 8.72. The fraction of sp³-hybridized carbons (Fsp3) is 0.333. The van der Waals surface area contributed by atoms with Crippen LogP contribution in [-0.4, -0.2) is 51.4 Å². The van der Waals surface area contributed by atoms with Gasteiger partial charge in [0.25, 0.3) is 10.0 Å². The van der Waals surface area contributed by atoms with Gasteiger partial charge in [0, 0.05) is 18.1 Å². The van der Waals surface area contributed by atoms with Crippen molar-refractivity contribution in [2.24, 2.45) is 5.92 Å². The molecule has 0 radical (unpaired) electrons. The lowest BCUT2D eigenvalue weighted by Gasteiger charge is -2.32. The number of sulfonamides is 1. The van der Waals surface area contributed by atoms with E-state index in [0.717, 1.165) is 9.87 Å². The highest BCUT2D eigenvalue weighted by Crippen LogP contribution is 2.32. The molecular weight excluding hydrogens is 585 g/mol. The lowest BCUT2D eigenvalue weighted by Crippen LogP contribution is -2.51. The Bertz CT molecular complexity index is 1480. The topological polar surface area (TPSA) is 96.0 Å². The van der Waals surface area contributed by atoms with Crippen LogP contribution >= 0.6 is 23.2 Å². The van der Waals surface area contributed by atoms with Crippen LogP contribution in [-0.2, 0) is 26.2 Å². The number of halogens is 2. The molecule has 0 bridgehead atoms. The summed E-state index contributed by atoms with van der Waals surface area (Å²) in [5.41, 5.74) is 1.74. The SMILES string of the molecule is COc1ccc(N(CC(=O)N(Cc2cccc(Cl)c2)[C@H](C)C(=O)NCC(C)C)S(=O)(=O)c2ccc(C)cc2)cc1Cl. The van der Waals surface area contributed by atoms with E-state index in [1.54, 1.807) is 43.3 Å². The van der Waals surface area contributed by atoms with E-state index < -0.39 is 28.5 Å². The maximum absolute atomic E-state index is 14.0. The van der Waals surface area contributed by atoms with Crippen molar-refractivity contribution in [1.29, 1.82) is 0 Å². The van der Waals surface area contributed by atoms with Gasteiger partial charge in [0.1, 0.15) is 18.3 Å². The molecule has 0 fully saturated rings. The number of hydrogen-bond donors (Lipinski definition) is 1. The van der Waals surface area contributed by atoms with E-state index in [2.05, 4.69) is 5.32 Å². The number of nitrogens with one attached hydrogen (secondary N) is 1. The zero-order chi connectivity index (χ0) is 30.3. The number of benzene rings is 3. The summed E-state index contributed by atoms with van der Waals surface area (Å²) in [6.45, 7) is 7.28. The molecule has 0 aliphatic rings. The zero-order valence-electron chi connectivity index (χ0n) is 23.7. The Morgan fingerprint density at radius 3 is 2.24 bits per heavy atom. The maximum atomic E-state index is 14.0. The van der Waals surface area contributed by atoms with Gasteiger partial charge in [-0.2, -0.15) is 0 Å². The summed E-state index contributed by atoms with van der Waals surface area (Å²) in [4.78, 5) is 28.4. The highest BCUT2D eigenvalue weighted by molar-refractivity contribution is 7.92. The number of anilines is 1. The molecule has 220 valence electrons. The minimum absolute atomic E-state index is 0.00644. The van der Waals surface area contributed by atoms with Gasteiger partial charge in [-0.1, -0.05) is 66.9 Å². The molecule has 0 unspecified atom stereocenters. The van der Waals surface area contributed by atoms with E-state index in [1.807, 2.05) is 20.8 Å². The number of carbonyl (C=O) groups excluding carboxylic acids is 2. The van der Waals surface area contributed by atoms with Crippen molar-refractivity contribution in [2.75, 3.05) is 24.5 Å². The third-order valence-electron chi connectivity index (χ3n) is 6.40. The molecule has 1 atom stereocenters. The van der Waals surface area contributed by atoms with Crippen LogP contribution in [0.15, 0.2) is 71.6 Å². The van der Waals surface area contributed by atoms with Crippen molar-refractivity contribution in [3.8, 4) is 5.75 Å². The smallest absolute Gasteiger partial charge is 0.264 e. The summed E-state index contributed by atoms with van der Waals surface area (Å²) in [6, 6.07) is 16.9. The van der Waals surface area contributed by atoms with Crippen LogP contribution in [0.3, 0.4) is 0 Å². The second kappa shape index (κ2) is 14.1. The lowest BCUT2D eigenvalue weighted by molar-refractivity contribution is -0.139. The minimum atomic E-state index is -4.22. The summed E-state index contributed by atoms with van der Waals surface area (Å²) in [7, 11) is -2.77. The predicted molar refractivity (Wildman–Crippen MR) is 163 cm³/mol. The van der Waals surface area contributed by atoms with E-state index >= 15 is 0 Å². The number of hydrogen-bond acceptors (Lipinski definition) is 5. The number of methoxy groups -OCH3 is 1. The molecule has 0 saturated heterocycles. The van der Waals surface area contributed by atoms with Gasteiger partial charge in [-0.3, -0.25) is 13.9 Å². The van der Waals surface area contributed by atoms with Crippen molar-refractivity contribution < 1.29 is 22.7 Å². The Morgan fingerprint density at radius 2 is 1.66 bits per heavy atom. The van der Waals surface area contributed by atoms with Gasteiger partial charge in [0.05, 0.1) is 22.7 Å². The number of carbonyl (C=O) groups is 2. The van der Waals surface area contributed by atoms with E-state index in [1.165, 1.54) is 42.3 Å². The Balaban J connectivity index is 2.05. The average molecular weight is 621 g/mol. The predicted octanol–water partition coefficient (Wildman–Crippen LogP) is 5.70. The second-order valence-electron chi connectivity index (χ2n) is 10.1. The molecule has 0 aliphatic carbocycles. The quantitative estimate of drug-likeness (QED) is 0.281. The molecule has 0 aliphatic heterocycles. The molecule has 3 aromatic rings. The van der Waals surface area contributed by atoms with E-state index in [0.29, 0.717) is 22.9 Å². The first-order valence-electron chi connectivity index (χ1n) is 13.1. The Labute approximate surface area is 252 Å². The summed E-state index contributed by atoms with van der Waals surface area (Å²) in [6.07, 6.45) is 0. The number of amides is 2. The Hall–Kier alpha value is -3.27. The van der Waals surface area contributed by atoms with Crippen LogP contribution in [0, 0.1) is 12.8 Å². The number of aryl methyl sites for hydroxylation is 1. The third kappa shape index (κ3) is 8.38. The second-order valence-corrected chi connectivity index (χ2v) is 12.8. The first-order valence-corrected chi connectivity index (χ1v) is 15.3. The molecule has 0 saturated carbocycles. The van der Waals surface area contributed by atoms with Crippen molar-refractivity contribution in [1.82, 2.24) is 10.2 Å². The first-order chi connectivity index (χ1) is 19.3. The minimum Gasteiger partial charge on any atom is -0.495 e. The fourth-order valence-corrected chi connectivity index (χ4v) is 5.91. The van der Waals surface area contributed by atoms with Gasteiger partial charge in [-0.15, -0.1) is 0 Å². The summed E-state index contributed by atoms with van der Waals surface area (Å²) >= 11 is 12.5. The van der Waals surface area contributed by atoms with Gasteiger partial charge < -0.3 is 15.0 Å². The van der Waals surface area contributed by atoms with Gasteiger partial charge in [0.15, 0.2) is 0 Å². The van der Waals surface area contributed by atoms with Crippen molar-refractivity contribution in [3.63, 3.8) is 0 Å². The largest absolute Gasteiger partial charge is 0.495 e. The molecule has 0 spiro atoms. The van der Waals surface area contributed by atoms with Crippen LogP contribution in [0.2, 0.25) is 10.0 Å². The monoisotopic (exact) mass is 619 g/mol. The molecular formula is C30H35Cl2N3O5S. The van der Waals surface area contributed by atoms with Gasteiger partial charge in [-0.25, -0.2) is 8.42 Å². The van der Waals surface area contributed by atoms with Crippen molar-refractivity contribution >= 4 is 50.7 Å².